The number of allylic oxidation sites excluding steroid dienone is 1. The molecule has 1 aliphatic heterocycles. The van der Waals surface area contributed by atoms with Crippen molar-refractivity contribution >= 4 is 29.3 Å². The van der Waals surface area contributed by atoms with E-state index in [1.165, 1.54) is 17.0 Å². The lowest BCUT2D eigenvalue weighted by Gasteiger charge is -2.31. The van der Waals surface area contributed by atoms with Crippen LogP contribution in [0.3, 0.4) is 0 Å². The van der Waals surface area contributed by atoms with Crippen LogP contribution in [0.1, 0.15) is 23.8 Å². The van der Waals surface area contributed by atoms with Gasteiger partial charge in [0.05, 0.1) is 6.54 Å². The molecule has 0 bridgehead atoms. The van der Waals surface area contributed by atoms with Crippen molar-refractivity contribution in [2.24, 2.45) is 0 Å². The van der Waals surface area contributed by atoms with Gasteiger partial charge in [-0.2, -0.15) is 0 Å². The summed E-state index contributed by atoms with van der Waals surface area (Å²) >= 11 is 3.29. The Bertz CT molecular complexity index is 860. The Morgan fingerprint density at radius 1 is 1.32 bits per heavy atom. The van der Waals surface area contributed by atoms with Crippen molar-refractivity contribution in [3.63, 3.8) is 0 Å². The Balaban J connectivity index is 1.69. The van der Waals surface area contributed by atoms with E-state index < -0.39 is 6.16 Å². The van der Waals surface area contributed by atoms with Crippen LogP contribution in [0.5, 0.6) is 0 Å². The van der Waals surface area contributed by atoms with Gasteiger partial charge in [-0.3, -0.25) is 0 Å². The van der Waals surface area contributed by atoms with Gasteiger partial charge in [-0.25, -0.2) is 9.18 Å². The molecule has 7 heteroatoms. The maximum atomic E-state index is 13.0. The number of thiophene rings is 1. The fraction of sp³-hybridized carbons (Fsp3) is 0.286. The van der Waals surface area contributed by atoms with Crippen molar-refractivity contribution < 1.29 is 19.0 Å². The van der Waals surface area contributed by atoms with Gasteiger partial charge in [0.2, 0.25) is 0 Å². The normalized spacial score (nSPS) is 14.2. The summed E-state index contributed by atoms with van der Waals surface area (Å²) in [4.78, 5) is 14.6. The Hall–Kier alpha value is -2.25. The van der Waals surface area contributed by atoms with Crippen molar-refractivity contribution in [2.45, 2.75) is 26.3 Å². The van der Waals surface area contributed by atoms with Crippen molar-refractivity contribution in [2.75, 3.05) is 12.3 Å². The molecule has 0 aliphatic carbocycles. The predicted molar refractivity (Wildman–Crippen MR) is 112 cm³/mol. The van der Waals surface area contributed by atoms with E-state index in [0.29, 0.717) is 12.3 Å². The molecule has 0 amide bonds. The van der Waals surface area contributed by atoms with Crippen molar-refractivity contribution in [3.8, 4) is 0 Å². The van der Waals surface area contributed by atoms with Crippen molar-refractivity contribution in [1.29, 1.82) is 0 Å². The molecule has 1 aromatic carbocycles. The third kappa shape index (κ3) is 5.62. The summed E-state index contributed by atoms with van der Waals surface area (Å²) < 4.78 is 18.1. The van der Waals surface area contributed by atoms with Crippen LogP contribution in [0.15, 0.2) is 64.2 Å². The van der Waals surface area contributed by atoms with E-state index in [9.17, 15) is 9.18 Å². The van der Waals surface area contributed by atoms with Gasteiger partial charge in [-0.15, -0.1) is 23.1 Å². The molecule has 148 valence electrons. The fourth-order valence-electron chi connectivity index (χ4n) is 2.93. The second kappa shape index (κ2) is 9.80. The molecule has 0 fully saturated rings. The van der Waals surface area contributed by atoms with Crippen LogP contribution in [0.2, 0.25) is 0 Å². The lowest BCUT2D eigenvalue weighted by molar-refractivity contribution is 0.117. The number of hydrogen-bond donors (Lipinski definition) is 1. The minimum absolute atomic E-state index is 0.229. The second-order valence-electron chi connectivity index (χ2n) is 6.43. The second-order valence-corrected chi connectivity index (χ2v) is 8.54. The summed E-state index contributed by atoms with van der Waals surface area (Å²) in [6.45, 7) is 3.31. The highest BCUT2D eigenvalue weighted by molar-refractivity contribution is 8.03. The standard InChI is InChI=1S/C21H22FNO3S2/c1-15-10-11-23(14-18-5-3-12-27-18)20(19(15)26-21(24)25)28-13-2-4-16-6-8-17(22)9-7-16/h3,5-10,12H,2,4,11,13-14H2,1H3,(H,24,25). The molecule has 4 nitrogen and oxygen atoms in total. The van der Waals surface area contributed by atoms with Gasteiger partial charge in [-0.05, 0) is 60.2 Å². The highest BCUT2D eigenvalue weighted by Crippen LogP contribution is 2.34. The Morgan fingerprint density at radius 3 is 2.79 bits per heavy atom. The molecule has 0 spiro atoms. The molecule has 0 unspecified atom stereocenters. The monoisotopic (exact) mass is 419 g/mol. The smallest absolute Gasteiger partial charge is 0.449 e. The van der Waals surface area contributed by atoms with Gasteiger partial charge in [0.1, 0.15) is 10.8 Å². The van der Waals surface area contributed by atoms with Crippen LogP contribution in [-0.2, 0) is 17.7 Å². The molecule has 0 radical (unpaired) electrons. The van der Waals surface area contributed by atoms with Crippen LogP contribution in [-0.4, -0.2) is 28.5 Å². The number of nitrogens with zero attached hydrogens (tertiary/aromatic N) is 1. The first-order valence-corrected chi connectivity index (χ1v) is 10.9. The third-order valence-corrected chi connectivity index (χ3v) is 6.41. The molecule has 1 aromatic heterocycles. The Morgan fingerprint density at radius 2 is 2.11 bits per heavy atom. The topological polar surface area (TPSA) is 49.8 Å². The number of carboxylic acid groups (broad SMARTS) is 1. The molecule has 28 heavy (non-hydrogen) atoms. The van der Waals surface area contributed by atoms with E-state index in [1.54, 1.807) is 35.2 Å². The van der Waals surface area contributed by atoms with Crippen LogP contribution >= 0.6 is 23.1 Å². The maximum Gasteiger partial charge on any atom is 0.511 e. The zero-order valence-electron chi connectivity index (χ0n) is 15.6. The van der Waals surface area contributed by atoms with Crippen molar-refractivity contribution in [1.82, 2.24) is 4.90 Å². The lowest BCUT2D eigenvalue weighted by Crippen LogP contribution is -2.27. The van der Waals surface area contributed by atoms with E-state index in [2.05, 4.69) is 11.0 Å². The van der Waals surface area contributed by atoms with Crippen LogP contribution in [0.4, 0.5) is 9.18 Å². The van der Waals surface area contributed by atoms with Gasteiger partial charge in [0, 0.05) is 11.4 Å². The minimum atomic E-state index is -1.30. The molecule has 1 N–H and O–H groups in total. The highest BCUT2D eigenvalue weighted by atomic mass is 32.2. The average molecular weight is 420 g/mol. The maximum absolute atomic E-state index is 13.0. The predicted octanol–water partition coefficient (Wildman–Crippen LogP) is 5.88. The lowest BCUT2D eigenvalue weighted by atomic mass is 10.1. The van der Waals surface area contributed by atoms with E-state index in [-0.39, 0.29) is 5.82 Å². The summed E-state index contributed by atoms with van der Waals surface area (Å²) in [5.74, 6) is 1.00. The van der Waals surface area contributed by atoms with Crippen LogP contribution < -0.4 is 0 Å². The Labute approximate surface area is 172 Å². The number of rotatable bonds is 8. The largest absolute Gasteiger partial charge is 0.511 e. The molecule has 1 aliphatic rings. The average Bonchev–Trinajstić information content (AvgIpc) is 3.17. The zero-order valence-corrected chi connectivity index (χ0v) is 17.2. The number of ether oxygens (including phenoxy) is 1. The number of hydrogen-bond acceptors (Lipinski definition) is 5. The molecule has 0 saturated heterocycles. The van der Waals surface area contributed by atoms with Gasteiger partial charge in [0.15, 0.2) is 5.76 Å². The fourth-order valence-corrected chi connectivity index (χ4v) is 4.78. The van der Waals surface area contributed by atoms with E-state index in [0.717, 1.165) is 41.3 Å². The molecule has 2 heterocycles. The third-order valence-electron chi connectivity index (χ3n) is 4.34. The quantitative estimate of drug-likeness (QED) is 0.428. The number of thioether (sulfide) groups is 1. The summed E-state index contributed by atoms with van der Waals surface area (Å²) in [7, 11) is 0. The number of aryl methyl sites for hydroxylation is 1. The van der Waals surface area contributed by atoms with Gasteiger partial charge >= 0.3 is 6.16 Å². The van der Waals surface area contributed by atoms with E-state index in [1.807, 2.05) is 24.4 Å². The first-order chi connectivity index (χ1) is 13.5. The minimum Gasteiger partial charge on any atom is -0.449 e. The van der Waals surface area contributed by atoms with Crippen molar-refractivity contribution in [3.05, 3.63) is 80.5 Å². The highest BCUT2D eigenvalue weighted by Gasteiger charge is 2.24. The van der Waals surface area contributed by atoms with Gasteiger partial charge in [0.25, 0.3) is 0 Å². The van der Waals surface area contributed by atoms with Crippen LogP contribution in [0.25, 0.3) is 0 Å². The Kier molecular flexibility index (Phi) is 7.17. The molecular weight excluding hydrogens is 397 g/mol. The molecule has 0 atom stereocenters. The first kappa shape index (κ1) is 20.5. The SMILES string of the molecule is CC1=CCN(Cc2cccs2)C(SCCCc2ccc(F)cc2)=C1OC(=O)O. The van der Waals surface area contributed by atoms with Gasteiger partial charge < -0.3 is 14.7 Å². The molecule has 0 saturated carbocycles. The molecule has 2 aromatic rings. The summed E-state index contributed by atoms with van der Waals surface area (Å²) in [5, 5.41) is 12.0. The van der Waals surface area contributed by atoms with E-state index >= 15 is 0 Å². The zero-order chi connectivity index (χ0) is 19.9. The number of halogens is 1. The summed E-state index contributed by atoms with van der Waals surface area (Å²) in [6.07, 6.45) is 2.43. The van der Waals surface area contributed by atoms with Gasteiger partial charge in [-0.1, -0.05) is 24.3 Å². The summed E-state index contributed by atoms with van der Waals surface area (Å²) in [6, 6.07) is 10.6. The number of benzene rings is 1. The van der Waals surface area contributed by atoms with Crippen LogP contribution in [0, 0.1) is 5.82 Å². The first-order valence-electron chi connectivity index (χ1n) is 8.99. The molecular formula is C21H22FNO3S2. The molecule has 3 rings (SSSR count). The number of carbonyl (C=O) groups is 1. The summed E-state index contributed by atoms with van der Waals surface area (Å²) in [5.41, 5.74) is 1.93. The van der Waals surface area contributed by atoms with E-state index in [4.69, 9.17) is 9.84 Å².